The number of Topliss-reactive ketones (excluding diaryl/α,β-unsaturated/α-hetero) is 1. The minimum absolute atomic E-state index is 0. The summed E-state index contributed by atoms with van der Waals surface area (Å²) in [6.07, 6.45) is -2.19. The summed E-state index contributed by atoms with van der Waals surface area (Å²) < 4.78 is 129. The zero-order chi connectivity index (χ0) is 34.3. The van der Waals surface area contributed by atoms with Crippen molar-refractivity contribution >= 4 is 79.7 Å². The largest absolute Gasteiger partial charge is 1.00 e. The minimum atomic E-state index is -3.88. The van der Waals surface area contributed by atoms with Gasteiger partial charge in [-0.05, 0) is 58.7 Å². The number of carbonyl (C=O) groups excluding carboxylic acids is 1. The third-order valence-corrected chi connectivity index (χ3v) is 13.6. The molecule has 251 valence electrons. The fourth-order valence-electron chi connectivity index (χ4n) is 5.15. The molecule has 0 bridgehead atoms. The maximum atomic E-state index is 13.8. The van der Waals surface area contributed by atoms with E-state index in [2.05, 4.69) is 0 Å². The number of aliphatic hydroxyl groups excluding tert-OH is 1. The van der Waals surface area contributed by atoms with Gasteiger partial charge in [-0.25, -0.2) is 34.4 Å². The van der Waals surface area contributed by atoms with Crippen LogP contribution in [0.25, 0.3) is 20.9 Å². The van der Waals surface area contributed by atoms with Crippen LogP contribution in [0.5, 0.6) is 0 Å². The molecule has 6 rings (SSSR count). The van der Waals surface area contributed by atoms with E-state index in [1.165, 1.54) is 12.1 Å². The summed E-state index contributed by atoms with van der Waals surface area (Å²) in [6, 6.07) is 6.95. The molecule has 2 aromatic carbocycles. The minimum Gasteiger partial charge on any atom is -1.00 e. The average molecular weight is 798 g/mol. The van der Waals surface area contributed by atoms with Crippen molar-refractivity contribution in [3.05, 3.63) is 80.3 Å². The van der Waals surface area contributed by atoms with E-state index in [1.54, 1.807) is 0 Å². The second-order valence-corrected chi connectivity index (χ2v) is 17.9. The van der Waals surface area contributed by atoms with Crippen molar-refractivity contribution in [2.24, 2.45) is 0 Å². The van der Waals surface area contributed by atoms with Crippen molar-refractivity contribution in [2.75, 3.05) is 12.5 Å². The van der Waals surface area contributed by atoms with Crippen molar-refractivity contribution in [1.29, 1.82) is 0 Å². The second kappa shape index (κ2) is 14.0. The molecule has 0 saturated heterocycles. The third kappa shape index (κ3) is 7.75. The Kier molecular flexibility index (Phi) is 11.9. The van der Waals surface area contributed by atoms with Gasteiger partial charge in [-0.1, -0.05) is 23.2 Å². The molecule has 0 amide bonds. The number of carbonyl (C=O) groups is 1. The number of hydrogen-bond donors (Lipinski definition) is 1. The molecular formula is C28H19BCl2F6NaO6S4. The molecule has 2 aromatic heterocycles. The number of aliphatic hydroxyl groups is 1. The van der Waals surface area contributed by atoms with Gasteiger partial charge in [-0.2, -0.15) is 8.78 Å². The Hall–Kier alpha value is -1.41. The van der Waals surface area contributed by atoms with E-state index < -0.39 is 77.7 Å². The first kappa shape index (κ1) is 41.0. The normalized spacial score (nSPS) is 17.5. The number of hydrogen-bond acceptors (Lipinski definition) is 8. The van der Waals surface area contributed by atoms with Crippen LogP contribution in [0.15, 0.2) is 44.8 Å². The van der Waals surface area contributed by atoms with Crippen LogP contribution in [0.2, 0.25) is 10.0 Å². The SMILES string of the molecule is CS(=O)(=O)c1sc(-c2cc(F)cc(Cl)c2)c2c1C(=O)C(F)(F)C2.CS(=O)(=O)c1sc(-c2cc(F)cc(Cl)c2)c2c1C(O)C(F)(F)C2.[B].[H-].[Na+]. The maximum Gasteiger partial charge on any atom is 1.00 e. The first-order valence-corrected chi connectivity index (χ1v) is 18.8. The molecule has 1 atom stereocenters. The summed E-state index contributed by atoms with van der Waals surface area (Å²) in [5.41, 5.74) is -0.467. The summed E-state index contributed by atoms with van der Waals surface area (Å²) in [4.78, 5) is 12.2. The molecule has 48 heavy (non-hydrogen) atoms. The van der Waals surface area contributed by atoms with Crippen LogP contribution in [0.4, 0.5) is 26.3 Å². The van der Waals surface area contributed by atoms with E-state index in [9.17, 15) is 53.1 Å². The Morgan fingerprint density at radius 3 is 1.67 bits per heavy atom. The molecule has 0 fully saturated rings. The van der Waals surface area contributed by atoms with Gasteiger partial charge in [0.1, 0.15) is 26.2 Å². The fraction of sp³-hybridized carbons (Fsp3) is 0.250. The van der Waals surface area contributed by atoms with E-state index in [4.69, 9.17) is 23.2 Å². The number of sulfone groups is 2. The van der Waals surface area contributed by atoms with Crippen LogP contribution in [0.1, 0.15) is 34.6 Å². The molecule has 20 heteroatoms. The molecule has 6 nitrogen and oxygen atoms in total. The fourth-order valence-corrected chi connectivity index (χ4v) is 10.6. The molecule has 2 heterocycles. The number of alkyl halides is 4. The zero-order valence-corrected chi connectivity index (χ0v) is 31.5. The van der Waals surface area contributed by atoms with Crippen LogP contribution in [0, 0.1) is 11.6 Å². The van der Waals surface area contributed by atoms with Crippen molar-refractivity contribution in [3.8, 4) is 20.9 Å². The van der Waals surface area contributed by atoms with Crippen LogP contribution >= 0.6 is 45.9 Å². The molecule has 1 unspecified atom stereocenters. The van der Waals surface area contributed by atoms with E-state index in [-0.39, 0.29) is 91.2 Å². The van der Waals surface area contributed by atoms with E-state index >= 15 is 0 Å². The average Bonchev–Trinajstić information content (AvgIpc) is 3.56. The molecule has 0 aliphatic heterocycles. The van der Waals surface area contributed by atoms with Gasteiger partial charge in [-0.15, -0.1) is 22.7 Å². The molecule has 4 aromatic rings. The number of thiophene rings is 2. The topological polar surface area (TPSA) is 106 Å². The van der Waals surface area contributed by atoms with Crippen LogP contribution in [-0.4, -0.2) is 60.5 Å². The van der Waals surface area contributed by atoms with E-state index in [0.29, 0.717) is 11.3 Å². The molecule has 2 aliphatic carbocycles. The number of ketones is 1. The maximum absolute atomic E-state index is 13.8. The molecule has 2 aliphatic rings. The first-order valence-electron chi connectivity index (χ1n) is 12.6. The van der Waals surface area contributed by atoms with Crippen molar-refractivity contribution in [3.63, 3.8) is 0 Å². The number of benzene rings is 2. The smallest absolute Gasteiger partial charge is 1.00 e. The Morgan fingerprint density at radius 1 is 0.792 bits per heavy atom. The number of fused-ring (bicyclic) bond motifs is 2. The van der Waals surface area contributed by atoms with Crippen LogP contribution < -0.4 is 29.6 Å². The Bertz CT molecular complexity index is 2140. The van der Waals surface area contributed by atoms with Gasteiger partial charge < -0.3 is 6.53 Å². The Morgan fingerprint density at radius 2 is 1.23 bits per heavy atom. The van der Waals surface area contributed by atoms with Crippen LogP contribution in [-0.2, 0) is 32.5 Å². The molecule has 0 saturated carbocycles. The number of rotatable bonds is 4. The van der Waals surface area contributed by atoms with Gasteiger partial charge in [0.05, 0.1) is 5.56 Å². The zero-order valence-electron chi connectivity index (χ0n) is 25.7. The quantitative estimate of drug-likeness (QED) is 0.240. The Labute approximate surface area is 314 Å². The molecule has 0 spiro atoms. The molecule has 1 N–H and O–H groups in total. The van der Waals surface area contributed by atoms with E-state index in [1.807, 2.05) is 0 Å². The van der Waals surface area contributed by atoms with Crippen molar-refractivity contribution < 1.29 is 84.1 Å². The van der Waals surface area contributed by atoms with E-state index in [0.717, 1.165) is 48.1 Å². The van der Waals surface area contributed by atoms with Gasteiger partial charge in [0.25, 0.3) is 5.92 Å². The Balaban J connectivity index is 0.000000321. The summed E-state index contributed by atoms with van der Waals surface area (Å²) in [5.74, 6) is -10.0. The van der Waals surface area contributed by atoms with Gasteiger partial charge in [0.2, 0.25) is 5.78 Å². The summed E-state index contributed by atoms with van der Waals surface area (Å²) in [5, 5.41) is 9.92. The second-order valence-electron chi connectivity index (χ2n) is 10.6. The monoisotopic (exact) mass is 797 g/mol. The predicted octanol–water partition coefficient (Wildman–Crippen LogP) is 4.56. The molecular weight excluding hydrogens is 779 g/mol. The van der Waals surface area contributed by atoms with Gasteiger partial charge in [0.15, 0.2) is 19.7 Å². The van der Waals surface area contributed by atoms with Gasteiger partial charge in [-0.3, -0.25) is 4.79 Å². The first-order chi connectivity index (χ1) is 21.0. The summed E-state index contributed by atoms with van der Waals surface area (Å²) in [6.45, 7) is 0. The van der Waals surface area contributed by atoms with Gasteiger partial charge >= 0.3 is 35.5 Å². The third-order valence-electron chi connectivity index (χ3n) is 6.96. The molecule has 3 radical (unpaired) electrons. The standard InChI is InChI=1S/C14H10ClF3O3S2.C14H8ClF3O3S2.B.Na.H/c2*1-23(20,21)13-10-9(5-14(17,18)12(10)19)11(22-13)6-2-7(15)4-8(16)3-6;;;/h2-4,12,19H,5H2,1H3;2-4H,5H2,1H3;;;/q;;;+1;-1. The predicted molar refractivity (Wildman–Crippen MR) is 169 cm³/mol. The number of halogens is 8. The summed E-state index contributed by atoms with van der Waals surface area (Å²) in [7, 11) is -7.70. The van der Waals surface area contributed by atoms with Crippen molar-refractivity contribution in [2.45, 2.75) is 39.2 Å². The van der Waals surface area contributed by atoms with Crippen LogP contribution in [0.3, 0.4) is 0 Å². The van der Waals surface area contributed by atoms with Gasteiger partial charge in [0, 0.05) is 59.1 Å². The van der Waals surface area contributed by atoms with Crippen molar-refractivity contribution in [1.82, 2.24) is 0 Å². The summed E-state index contributed by atoms with van der Waals surface area (Å²) >= 11 is 13.0.